The molecule has 0 saturated carbocycles. The number of benzene rings is 2. The number of hydrogen-bond acceptors (Lipinski definition) is 2. The van der Waals surface area contributed by atoms with Crippen LogP contribution in [-0.4, -0.2) is 18.9 Å². The topological polar surface area (TPSA) is 58.2 Å². The molecule has 0 aliphatic carbocycles. The number of carbonyl (C=O) groups is 2. The van der Waals surface area contributed by atoms with Gasteiger partial charge in [-0.05, 0) is 48.4 Å². The normalized spacial score (nSPS) is 12.0. The highest BCUT2D eigenvalue weighted by atomic mass is 35.5. The van der Waals surface area contributed by atoms with Gasteiger partial charge in [0.05, 0.1) is 6.04 Å². The summed E-state index contributed by atoms with van der Waals surface area (Å²) in [4.78, 5) is 23.5. The highest BCUT2D eigenvalue weighted by Crippen LogP contribution is 2.16. The Morgan fingerprint density at radius 2 is 1.67 bits per heavy atom. The molecule has 0 radical (unpaired) electrons. The zero-order valence-electron chi connectivity index (χ0n) is 13.5. The van der Waals surface area contributed by atoms with Crippen LogP contribution in [0.4, 0.5) is 0 Å². The second kappa shape index (κ2) is 8.31. The van der Waals surface area contributed by atoms with Crippen molar-refractivity contribution in [3.8, 4) is 0 Å². The van der Waals surface area contributed by atoms with Crippen LogP contribution in [0.25, 0.3) is 6.08 Å². The van der Waals surface area contributed by atoms with Gasteiger partial charge in [0.1, 0.15) is 0 Å². The van der Waals surface area contributed by atoms with Crippen LogP contribution in [0.2, 0.25) is 5.02 Å². The van der Waals surface area contributed by atoms with Crippen LogP contribution in [0.1, 0.15) is 34.5 Å². The summed E-state index contributed by atoms with van der Waals surface area (Å²) in [5.74, 6) is -0.326. The number of carbonyl (C=O) groups excluding carboxylic acids is 2. The van der Waals surface area contributed by atoms with Crippen molar-refractivity contribution in [2.24, 2.45) is 0 Å². The molecule has 2 amide bonds. The molecule has 2 N–H and O–H groups in total. The molecule has 1 atom stereocenters. The summed E-state index contributed by atoms with van der Waals surface area (Å²) in [5, 5.41) is 6.12. The fourth-order valence-electron chi connectivity index (χ4n) is 2.16. The lowest BCUT2D eigenvalue weighted by atomic mass is 10.1. The third kappa shape index (κ3) is 4.96. The lowest BCUT2D eigenvalue weighted by Crippen LogP contribution is -2.24. The van der Waals surface area contributed by atoms with E-state index in [1.165, 1.54) is 6.08 Å². The zero-order valence-corrected chi connectivity index (χ0v) is 14.3. The molecule has 0 aliphatic heterocycles. The van der Waals surface area contributed by atoms with E-state index in [1.807, 2.05) is 19.1 Å². The maximum Gasteiger partial charge on any atom is 0.251 e. The molecule has 124 valence electrons. The molecule has 0 aromatic heterocycles. The summed E-state index contributed by atoms with van der Waals surface area (Å²) in [6, 6.07) is 14.2. The number of halogens is 1. The van der Waals surface area contributed by atoms with Crippen molar-refractivity contribution in [3.05, 3.63) is 76.3 Å². The summed E-state index contributed by atoms with van der Waals surface area (Å²) < 4.78 is 0. The van der Waals surface area contributed by atoms with E-state index in [2.05, 4.69) is 10.6 Å². The van der Waals surface area contributed by atoms with Crippen LogP contribution in [0.3, 0.4) is 0 Å². The average molecular weight is 343 g/mol. The largest absolute Gasteiger partial charge is 0.355 e. The van der Waals surface area contributed by atoms with E-state index in [1.54, 1.807) is 49.5 Å². The van der Waals surface area contributed by atoms with E-state index in [9.17, 15) is 9.59 Å². The second-order valence-corrected chi connectivity index (χ2v) is 5.75. The Hall–Kier alpha value is -2.59. The van der Waals surface area contributed by atoms with Crippen LogP contribution < -0.4 is 10.6 Å². The quantitative estimate of drug-likeness (QED) is 0.816. The predicted molar refractivity (Wildman–Crippen MR) is 96.9 cm³/mol. The molecule has 0 fully saturated rings. The molecule has 5 heteroatoms. The van der Waals surface area contributed by atoms with Gasteiger partial charge >= 0.3 is 0 Å². The second-order valence-electron chi connectivity index (χ2n) is 5.32. The van der Waals surface area contributed by atoms with Crippen molar-refractivity contribution in [1.82, 2.24) is 10.6 Å². The Labute approximate surface area is 146 Å². The molecular formula is C19H19ClN2O2. The first kappa shape index (κ1) is 17.8. The van der Waals surface area contributed by atoms with Crippen molar-refractivity contribution in [1.29, 1.82) is 0 Å². The summed E-state index contributed by atoms with van der Waals surface area (Å²) in [6.45, 7) is 1.91. The van der Waals surface area contributed by atoms with E-state index >= 15 is 0 Å². The summed E-state index contributed by atoms with van der Waals surface area (Å²) in [7, 11) is 1.59. The average Bonchev–Trinajstić information content (AvgIpc) is 2.60. The van der Waals surface area contributed by atoms with Gasteiger partial charge in [-0.3, -0.25) is 9.59 Å². The monoisotopic (exact) mass is 342 g/mol. The van der Waals surface area contributed by atoms with Crippen LogP contribution >= 0.6 is 11.6 Å². The molecule has 2 aromatic carbocycles. The first-order chi connectivity index (χ1) is 11.5. The van der Waals surface area contributed by atoms with E-state index in [0.717, 1.165) is 11.1 Å². The van der Waals surface area contributed by atoms with Crippen LogP contribution in [0.15, 0.2) is 54.6 Å². The smallest absolute Gasteiger partial charge is 0.251 e. The Kier molecular flexibility index (Phi) is 6.15. The molecule has 0 heterocycles. The van der Waals surface area contributed by atoms with Crippen LogP contribution in [0.5, 0.6) is 0 Å². The van der Waals surface area contributed by atoms with Gasteiger partial charge in [-0.1, -0.05) is 35.9 Å². The minimum Gasteiger partial charge on any atom is -0.355 e. The number of hydrogen-bond donors (Lipinski definition) is 2. The van der Waals surface area contributed by atoms with Crippen LogP contribution in [-0.2, 0) is 4.79 Å². The van der Waals surface area contributed by atoms with E-state index in [-0.39, 0.29) is 17.9 Å². The third-order valence-electron chi connectivity index (χ3n) is 3.56. The van der Waals surface area contributed by atoms with Gasteiger partial charge < -0.3 is 10.6 Å². The van der Waals surface area contributed by atoms with Crippen molar-refractivity contribution in [2.75, 3.05) is 7.05 Å². The fraction of sp³-hybridized carbons (Fsp3) is 0.158. The zero-order chi connectivity index (χ0) is 17.5. The number of rotatable bonds is 5. The lowest BCUT2D eigenvalue weighted by Gasteiger charge is -2.12. The van der Waals surface area contributed by atoms with Crippen molar-refractivity contribution in [2.45, 2.75) is 13.0 Å². The molecule has 0 saturated heterocycles. The first-order valence-electron chi connectivity index (χ1n) is 7.56. The van der Waals surface area contributed by atoms with Gasteiger partial charge in [0.15, 0.2) is 0 Å². The first-order valence-corrected chi connectivity index (χ1v) is 7.93. The van der Waals surface area contributed by atoms with Crippen molar-refractivity contribution < 1.29 is 9.59 Å². The summed E-state index contributed by atoms with van der Waals surface area (Å²) >= 11 is 5.86. The van der Waals surface area contributed by atoms with Gasteiger partial charge in [0.2, 0.25) is 5.91 Å². The lowest BCUT2D eigenvalue weighted by molar-refractivity contribution is -0.117. The van der Waals surface area contributed by atoms with E-state index in [4.69, 9.17) is 11.6 Å². The number of amides is 2. The number of nitrogens with one attached hydrogen (secondary N) is 2. The van der Waals surface area contributed by atoms with Gasteiger partial charge in [-0.2, -0.15) is 0 Å². The van der Waals surface area contributed by atoms with Gasteiger partial charge in [0, 0.05) is 23.7 Å². The fourth-order valence-corrected chi connectivity index (χ4v) is 2.28. The van der Waals surface area contributed by atoms with Gasteiger partial charge in [0.25, 0.3) is 5.91 Å². The minimum atomic E-state index is -0.187. The standard InChI is InChI=1S/C19H19ClN2O2/c1-13(15-8-10-17(20)11-9-15)22-18(23)12-5-14-3-6-16(7-4-14)19(24)21-2/h3-13H,1-2H3,(H,21,24)(H,22,23)/b12-5+. The van der Waals surface area contributed by atoms with Crippen LogP contribution in [0, 0.1) is 0 Å². The molecule has 1 unspecified atom stereocenters. The maximum absolute atomic E-state index is 12.0. The van der Waals surface area contributed by atoms with Crippen molar-refractivity contribution >= 4 is 29.5 Å². The molecule has 2 rings (SSSR count). The van der Waals surface area contributed by atoms with Gasteiger partial charge in [-0.15, -0.1) is 0 Å². The molecule has 2 aromatic rings. The Balaban J connectivity index is 1.94. The Bertz CT molecular complexity index is 737. The Morgan fingerprint density at radius 1 is 1.04 bits per heavy atom. The highest BCUT2D eigenvalue weighted by Gasteiger charge is 2.07. The SMILES string of the molecule is CNC(=O)c1ccc(/C=C/C(=O)NC(C)c2ccc(Cl)cc2)cc1. The molecule has 24 heavy (non-hydrogen) atoms. The summed E-state index contributed by atoms with van der Waals surface area (Å²) in [6.07, 6.45) is 3.18. The molecule has 0 spiro atoms. The predicted octanol–water partition coefficient (Wildman–Crippen LogP) is 3.59. The molecule has 0 bridgehead atoms. The van der Waals surface area contributed by atoms with Gasteiger partial charge in [-0.25, -0.2) is 0 Å². The van der Waals surface area contributed by atoms with E-state index < -0.39 is 0 Å². The Morgan fingerprint density at radius 3 is 2.25 bits per heavy atom. The highest BCUT2D eigenvalue weighted by molar-refractivity contribution is 6.30. The minimum absolute atomic E-state index is 0.116. The molecule has 0 aliphatic rings. The third-order valence-corrected chi connectivity index (χ3v) is 3.81. The maximum atomic E-state index is 12.0. The van der Waals surface area contributed by atoms with Crippen molar-refractivity contribution in [3.63, 3.8) is 0 Å². The molecule has 4 nitrogen and oxygen atoms in total. The summed E-state index contributed by atoms with van der Waals surface area (Å²) in [5.41, 5.74) is 2.41. The molecular weight excluding hydrogens is 324 g/mol. The van der Waals surface area contributed by atoms with E-state index in [0.29, 0.717) is 10.6 Å².